The second-order valence-electron chi connectivity index (χ2n) is 4.55. The molecule has 1 rings (SSSR count). The predicted octanol–water partition coefficient (Wildman–Crippen LogP) is 3.33. The van der Waals surface area contributed by atoms with Crippen LogP contribution in [0.1, 0.15) is 20.3 Å². The van der Waals surface area contributed by atoms with Gasteiger partial charge in [-0.25, -0.2) is 0 Å². The van der Waals surface area contributed by atoms with Crippen LogP contribution < -0.4 is 5.32 Å². The number of halogens is 1. The Balaban J connectivity index is 2.63. The molecule has 118 valence electrons. The highest BCUT2D eigenvalue weighted by atomic mass is 35.5. The maximum atomic E-state index is 12.3. The molecular weight excluding hydrogens is 310 g/mol. The number of amides is 1. The number of nitrogens with one attached hydrogen (secondary N) is 1. The van der Waals surface area contributed by atoms with Gasteiger partial charge in [0.25, 0.3) is 0 Å². The minimum atomic E-state index is -0.448. The molecule has 0 heterocycles. The van der Waals surface area contributed by atoms with E-state index in [1.54, 1.807) is 14.2 Å². The fraction of sp³-hybridized carbons (Fsp3) is 0.533. The first-order chi connectivity index (χ1) is 10.0. The van der Waals surface area contributed by atoms with E-state index in [1.807, 2.05) is 38.1 Å². The van der Waals surface area contributed by atoms with Crippen LogP contribution in [0.3, 0.4) is 0 Å². The number of carbonyl (C=O) groups excluding carboxylic acids is 1. The highest BCUT2D eigenvalue weighted by molar-refractivity contribution is 8.00. The van der Waals surface area contributed by atoms with Crippen LogP contribution in [0.25, 0.3) is 0 Å². The molecule has 0 aliphatic carbocycles. The van der Waals surface area contributed by atoms with E-state index in [-0.39, 0.29) is 17.2 Å². The van der Waals surface area contributed by atoms with Crippen molar-refractivity contribution in [2.45, 2.75) is 42.7 Å². The van der Waals surface area contributed by atoms with E-state index in [9.17, 15) is 4.79 Å². The monoisotopic (exact) mass is 331 g/mol. The van der Waals surface area contributed by atoms with Crippen molar-refractivity contribution in [1.82, 2.24) is 5.32 Å². The van der Waals surface area contributed by atoms with Crippen LogP contribution in [-0.4, -0.2) is 37.7 Å². The van der Waals surface area contributed by atoms with E-state index in [0.29, 0.717) is 5.02 Å². The average molecular weight is 332 g/mol. The van der Waals surface area contributed by atoms with Crippen molar-refractivity contribution < 1.29 is 14.3 Å². The Morgan fingerprint density at radius 1 is 1.33 bits per heavy atom. The molecule has 1 amide bonds. The molecule has 0 saturated heterocycles. The summed E-state index contributed by atoms with van der Waals surface area (Å²) in [6.07, 6.45) is 0.276. The number of thioether (sulfide) groups is 1. The molecule has 1 aromatic rings. The summed E-state index contributed by atoms with van der Waals surface area (Å²) in [6, 6.07) is 7.31. The number of rotatable bonds is 8. The van der Waals surface area contributed by atoms with Crippen molar-refractivity contribution in [2.24, 2.45) is 0 Å². The fourth-order valence-corrected chi connectivity index (χ4v) is 3.03. The van der Waals surface area contributed by atoms with E-state index >= 15 is 0 Å². The van der Waals surface area contributed by atoms with Gasteiger partial charge in [-0.15, -0.1) is 11.8 Å². The highest BCUT2D eigenvalue weighted by Crippen LogP contribution is 2.30. The lowest BCUT2D eigenvalue weighted by Gasteiger charge is -2.26. The second kappa shape index (κ2) is 9.30. The summed E-state index contributed by atoms with van der Waals surface area (Å²) in [5.41, 5.74) is 0. The molecule has 0 unspecified atom stereocenters. The average Bonchev–Trinajstić information content (AvgIpc) is 2.49. The lowest BCUT2D eigenvalue weighted by molar-refractivity contribution is -0.137. The molecule has 0 aliphatic rings. The summed E-state index contributed by atoms with van der Waals surface area (Å²) < 4.78 is 10.4. The Morgan fingerprint density at radius 3 is 2.48 bits per heavy atom. The van der Waals surface area contributed by atoms with E-state index < -0.39 is 6.29 Å². The fourth-order valence-electron chi connectivity index (χ4n) is 1.87. The third-order valence-corrected chi connectivity index (χ3v) is 4.69. The lowest BCUT2D eigenvalue weighted by Crippen LogP contribution is -2.47. The third kappa shape index (κ3) is 5.51. The van der Waals surface area contributed by atoms with E-state index in [4.69, 9.17) is 21.1 Å². The zero-order chi connectivity index (χ0) is 15.8. The van der Waals surface area contributed by atoms with Gasteiger partial charge < -0.3 is 14.8 Å². The maximum absolute atomic E-state index is 12.3. The first-order valence-corrected chi connectivity index (χ1v) is 8.06. The Labute approximate surface area is 135 Å². The molecule has 0 radical (unpaired) electrons. The number of ether oxygens (including phenoxy) is 2. The number of benzene rings is 1. The molecule has 2 atom stereocenters. The minimum absolute atomic E-state index is 0.0640. The van der Waals surface area contributed by atoms with Crippen LogP contribution in [0.15, 0.2) is 29.2 Å². The van der Waals surface area contributed by atoms with Crippen molar-refractivity contribution >= 4 is 29.3 Å². The zero-order valence-electron chi connectivity index (χ0n) is 12.8. The van der Waals surface area contributed by atoms with Crippen molar-refractivity contribution in [2.75, 3.05) is 14.2 Å². The van der Waals surface area contributed by atoms with Gasteiger partial charge in [0.05, 0.1) is 16.3 Å². The summed E-state index contributed by atoms with van der Waals surface area (Å²) in [5.74, 6) is -0.0640. The molecule has 4 nitrogen and oxygen atoms in total. The van der Waals surface area contributed by atoms with Crippen molar-refractivity contribution in [1.29, 1.82) is 0 Å². The molecule has 0 bridgehead atoms. The van der Waals surface area contributed by atoms with Crippen molar-refractivity contribution in [3.63, 3.8) is 0 Å². The number of hydrogen-bond acceptors (Lipinski definition) is 4. The Bertz CT molecular complexity index is 454. The van der Waals surface area contributed by atoms with Crippen molar-refractivity contribution in [3.8, 4) is 0 Å². The third-order valence-electron chi connectivity index (χ3n) is 3.07. The quantitative estimate of drug-likeness (QED) is 0.586. The second-order valence-corrected chi connectivity index (χ2v) is 6.34. The molecule has 0 fully saturated rings. The van der Waals surface area contributed by atoms with Crippen molar-refractivity contribution in [3.05, 3.63) is 29.3 Å². The van der Waals surface area contributed by atoms with Gasteiger partial charge in [-0.3, -0.25) is 4.79 Å². The topological polar surface area (TPSA) is 47.6 Å². The van der Waals surface area contributed by atoms with Gasteiger partial charge in [0.2, 0.25) is 5.91 Å². The molecule has 1 N–H and O–H groups in total. The molecule has 0 aromatic heterocycles. The van der Waals surface area contributed by atoms with Gasteiger partial charge in [-0.2, -0.15) is 0 Å². The zero-order valence-corrected chi connectivity index (χ0v) is 14.3. The lowest BCUT2D eigenvalue weighted by atomic mass is 10.2. The molecular formula is C15H22ClNO3S. The molecule has 0 spiro atoms. The number of hydrogen-bond donors (Lipinski definition) is 1. The van der Waals surface area contributed by atoms with Gasteiger partial charge in [-0.05, 0) is 25.5 Å². The van der Waals surface area contributed by atoms with Gasteiger partial charge in [0, 0.05) is 19.1 Å². The Kier molecular flexibility index (Phi) is 8.11. The van der Waals surface area contributed by atoms with Crippen LogP contribution in [0, 0.1) is 0 Å². The Morgan fingerprint density at radius 2 is 1.95 bits per heavy atom. The molecule has 0 aliphatic heterocycles. The van der Waals surface area contributed by atoms with Crippen LogP contribution in [-0.2, 0) is 14.3 Å². The highest BCUT2D eigenvalue weighted by Gasteiger charge is 2.24. The largest absolute Gasteiger partial charge is 0.354 e. The van der Waals surface area contributed by atoms with Crippen LogP contribution in [0.2, 0.25) is 5.02 Å². The molecule has 0 saturated carbocycles. The normalized spacial score (nSPS) is 14.0. The summed E-state index contributed by atoms with van der Waals surface area (Å²) in [5, 5.41) is 3.35. The number of carbonyl (C=O) groups is 1. The predicted molar refractivity (Wildman–Crippen MR) is 86.8 cm³/mol. The van der Waals surface area contributed by atoms with Gasteiger partial charge in [0.15, 0.2) is 6.29 Å². The molecule has 6 heteroatoms. The summed E-state index contributed by atoms with van der Waals surface area (Å²) in [6.45, 7) is 3.83. The standard InChI is InChI=1S/C15H22ClNO3S/c1-5-12(15(19-3)20-4)17-14(18)10(2)21-13-9-7-6-8-11(13)16/h6-10,12,15H,5H2,1-4H3,(H,17,18)/t10-,12-/m1/s1. The number of methoxy groups -OCH3 is 2. The first kappa shape index (κ1) is 18.3. The maximum Gasteiger partial charge on any atom is 0.233 e. The van der Waals surface area contributed by atoms with E-state index in [1.165, 1.54) is 11.8 Å². The molecule has 21 heavy (non-hydrogen) atoms. The van der Waals surface area contributed by atoms with E-state index in [2.05, 4.69) is 5.32 Å². The van der Waals surface area contributed by atoms with E-state index in [0.717, 1.165) is 11.3 Å². The Hall–Kier alpha value is -0.750. The summed E-state index contributed by atoms with van der Waals surface area (Å²) in [4.78, 5) is 13.2. The molecule has 1 aromatic carbocycles. The van der Waals surface area contributed by atoms with Gasteiger partial charge in [-0.1, -0.05) is 30.7 Å². The van der Waals surface area contributed by atoms with Gasteiger partial charge in [0.1, 0.15) is 0 Å². The smallest absolute Gasteiger partial charge is 0.233 e. The summed E-state index contributed by atoms with van der Waals surface area (Å²) >= 11 is 7.54. The van der Waals surface area contributed by atoms with Gasteiger partial charge >= 0.3 is 0 Å². The van der Waals surface area contributed by atoms with Crippen LogP contribution >= 0.6 is 23.4 Å². The first-order valence-electron chi connectivity index (χ1n) is 6.80. The minimum Gasteiger partial charge on any atom is -0.354 e. The SMILES string of the molecule is CC[C@@H](NC(=O)[C@@H](C)Sc1ccccc1Cl)C(OC)OC. The van der Waals surface area contributed by atoms with Crippen LogP contribution in [0.5, 0.6) is 0 Å². The van der Waals surface area contributed by atoms with Crippen LogP contribution in [0.4, 0.5) is 0 Å². The summed E-state index contributed by atoms with van der Waals surface area (Å²) in [7, 11) is 3.12.